The van der Waals surface area contributed by atoms with Crippen LogP contribution in [0.4, 0.5) is 15.3 Å². The molecule has 1 saturated heterocycles. The second-order valence-corrected chi connectivity index (χ2v) is 10.5. The number of benzene rings is 2. The SMILES string of the molecule is O=C(O)[C@@H]1CCN1C(=O)N(C1CC1)[N@@+]1(C(=O)OCc2ccccc2)c2ccccc2C[C@H]2CCC[C@H]21. The van der Waals surface area contributed by atoms with Crippen LogP contribution in [0.1, 0.15) is 49.7 Å². The minimum Gasteiger partial charge on any atom is -0.480 e. The van der Waals surface area contributed by atoms with Gasteiger partial charge in [0.05, 0.1) is 6.04 Å². The number of likely N-dealkylation sites (tertiary alicyclic amines) is 1. The molecule has 0 aromatic heterocycles. The maximum Gasteiger partial charge on any atom is 0.547 e. The molecule has 36 heavy (non-hydrogen) atoms. The molecule has 188 valence electrons. The van der Waals surface area contributed by atoms with Gasteiger partial charge in [0.2, 0.25) is 0 Å². The van der Waals surface area contributed by atoms with E-state index in [-0.39, 0.29) is 35.2 Å². The minimum atomic E-state index is -0.999. The topological polar surface area (TPSA) is 87.2 Å². The van der Waals surface area contributed by atoms with E-state index in [4.69, 9.17) is 4.74 Å². The third-order valence-corrected chi connectivity index (χ3v) is 8.40. The maximum absolute atomic E-state index is 14.4. The molecule has 0 radical (unpaired) electrons. The van der Waals surface area contributed by atoms with Crippen LogP contribution in [0, 0.1) is 5.92 Å². The number of rotatable bonds is 4. The summed E-state index contributed by atoms with van der Waals surface area (Å²) in [5.41, 5.74) is 2.75. The number of hydrogen-bond donors (Lipinski definition) is 1. The lowest BCUT2D eigenvalue weighted by molar-refractivity contribution is -0.147. The molecule has 6 rings (SSSR count). The van der Waals surface area contributed by atoms with Crippen molar-refractivity contribution in [1.29, 1.82) is 0 Å². The number of hydrogen-bond acceptors (Lipinski definition) is 4. The van der Waals surface area contributed by atoms with Crippen molar-refractivity contribution in [2.45, 2.75) is 69.7 Å². The largest absolute Gasteiger partial charge is 0.547 e. The van der Waals surface area contributed by atoms with Crippen LogP contribution in [0.5, 0.6) is 0 Å². The molecule has 8 heteroatoms. The third kappa shape index (κ3) is 3.58. The average molecular weight is 491 g/mol. The molecule has 2 aromatic rings. The number of para-hydroxylation sites is 1. The third-order valence-electron chi connectivity index (χ3n) is 8.40. The Morgan fingerprint density at radius 3 is 2.42 bits per heavy atom. The molecule has 0 unspecified atom stereocenters. The van der Waals surface area contributed by atoms with E-state index in [0.717, 1.165) is 55.3 Å². The molecule has 2 aliphatic heterocycles. The normalized spacial score (nSPS) is 28.4. The number of aliphatic carboxylic acids is 1. The highest BCUT2D eigenvalue weighted by molar-refractivity contribution is 5.92. The van der Waals surface area contributed by atoms with Gasteiger partial charge in [0.1, 0.15) is 18.7 Å². The number of quaternary nitrogens is 1. The molecule has 1 N–H and O–H groups in total. The first kappa shape index (κ1) is 23.0. The molecule has 2 saturated carbocycles. The van der Waals surface area contributed by atoms with E-state index in [1.165, 1.54) is 4.90 Å². The standard InChI is InChI=1S/C28H31N3O5/c32-26(33)23-15-16-29(23)27(34)30(22-13-14-22)31(28(35)36-18-19-7-2-1-3-8-19)24-11-5-4-9-20(24)17-21-10-6-12-25(21)31/h1-5,7-9,11,21-23,25H,6,10,12-18H2/p+1/t21-,23+,25-,31+/m1/s1. The number of urea groups is 1. The lowest BCUT2D eigenvalue weighted by atomic mass is 9.86. The summed E-state index contributed by atoms with van der Waals surface area (Å²) in [4.78, 5) is 41.9. The predicted octanol–water partition coefficient (Wildman–Crippen LogP) is 4.71. The zero-order chi connectivity index (χ0) is 24.9. The van der Waals surface area contributed by atoms with Gasteiger partial charge in [0.25, 0.3) is 0 Å². The van der Waals surface area contributed by atoms with Crippen LogP contribution in [-0.2, 0) is 22.6 Å². The lowest BCUT2D eigenvalue weighted by Gasteiger charge is -2.52. The average Bonchev–Trinajstić information content (AvgIpc) is 3.57. The van der Waals surface area contributed by atoms with Crippen LogP contribution >= 0.6 is 0 Å². The van der Waals surface area contributed by atoms with E-state index in [0.29, 0.717) is 13.0 Å². The highest BCUT2D eigenvalue weighted by Gasteiger charge is 2.66. The number of nitrogens with zero attached hydrogens (tertiary/aromatic N) is 3. The Hall–Kier alpha value is -3.39. The van der Waals surface area contributed by atoms with Gasteiger partial charge in [0, 0.05) is 30.5 Å². The summed E-state index contributed by atoms with van der Waals surface area (Å²) in [7, 11) is 0. The highest BCUT2D eigenvalue weighted by Crippen LogP contribution is 2.51. The Labute approximate surface area is 210 Å². The molecule has 3 fully saturated rings. The summed E-state index contributed by atoms with van der Waals surface area (Å²) >= 11 is 0. The fourth-order valence-corrected chi connectivity index (χ4v) is 6.51. The first-order valence-corrected chi connectivity index (χ1v) is 13.0. The Morgan fingerprint density at radius 1 is 0.972 bits per heavy atom. The molecule has 3 amide bonds. The first-order chi connectivity index (χ1) is 17.5. The van der Waals surface area contributed by atoms with Gasteiger partial charge in [-0.05, 0) is 44.1 Å². The van der Waals surface area contributed by atoms with Gasteiger partial charge in [-0.1, -0.05) is 53.1 Å². The Kier molecular flexibility index (Phi) is 5.71. The van der Waals surface area contributed by atoms with Crippen LogP contribution < -0.4 is 4.59 Å². The second-order valence-electron chi connectivity index (χ2n) is 10.5. The molecular weight excluding hydrogens is 458 g/mol. The van der Waals surface area contributed by atoms with Gasteiger partial charge in [-0.3, -0.25) is 0 Å². The molecule has 4 atom stereocenters. The maximum atomic E-state index is 14.4. The van der Waals surface area contributed by atoms with Crippen LogP contribution in [0.25, 0.3) is 0 Å². The van der Waals surface area contributed by atoms with E-state index in [1.807, 2.05) is 48.5 Å². The quantitative estimate of drug-likeness (QED) is 0.627. The van der Waals surface area contributed by atoms with Crippen LogP contribution in [-0.4, -0.2) is 57.8 Å². The fourth-order valence-electron chi connectivity index (χ4n) is 6.51. The van der Waals surface area contributed by atoms with Crippen molar-refractivity contribution in [2.24, 2.45) is 5.92 Å². The van der Waals surface area contributed by atoms with Gasteiger partial charge in [-0.25, -0.2) is 9.59 Å². The summed E-state index contributed by atoms with van der Waals surface area (Å²) in [6.07, 6.45) is 5.25. The number of carbonyl (C=O) groups excluding carboxylic acids is 2. The number of carbonyl (C=O) groups is 3. The zero-order valence-electron chi connectivity index (χ0n) is 20.3. The number of carboxylic acid groups (broad SMARTS) is 1. The molecule has 2 aliphatic carbocycles. The van der Waals surface area contributed by atoms with Crippen LogP contribution in [0.2, 0.25) is 0 Å². The summed E-state index contributed by atoms with van der Waals surface area (Å²) in [6, 6.07) is 16.0. The number of amides is 3. The van der Waals surface area contributed by atoms with E-state index < -0.39 is 18.1 Å². The Bertz CT molecular complexity index is 1180. The van der Waals surface area contributed by atoms with E-state index in [2.05, 4.69) is 6.07 Å². The monoisotopic (exact) mass is 490 g/mol. The lowest BCUT2D eigenvalue weighted by Crippen LogP contribution is -2.77. The Balaban J connectivity index is 1.47. The second kappa shape index (κ2) is 8.92. The van der Waals surface area contributed by atoms with Crippen LogP contribution in [0.3, 0.4) is 0 Å². The fraction of sp³-hybridized carbons (Fsp3) is 0.464. The molecule has 2 heterocycles. The van der Waals surface area contributed by atoms with Crippen molar-refractivity contribution in [1.82, 2.24) is 14.5 Å². The molecule has 8 nitrogen and oxygen atoms in total. The molecule has 4 aliphatic rings. The van der Waals surface area contributed by atoms with Gasteiger partial charge in [-0.2, -0.15) is 9.80 Å². The number of carboxylic acids is 1. The molecule has 0 spiro atoms. The van der Waals surface area contributed by atoms with Crippen molar-refractivity contribution >= 4 is 23.8 Å². The molecule has 0 bridgehead atoms. The summed E-state index contributed by atoms with van der Waals surface area (Å²) in [6.45, 7) is 0.501. The van der Waals surface area contributed by atoms with E-state index >= 15 is 0 Å². The first-order valence-electron chi connectivity index (χ1n) is 13.0. The predicted molar refractivity (Wildman–Crippen MR) is 133 cm³/mol. The minimum absolute atomic E-state index is 0.114. The highest BCUT2D eigenvalue weighted by atomic mass is 16.6. The molecular formula is C28H32N3O5+. The number of ether oxygens (including phenoxy) is 1. The van der Waals surface area contributed by atoms with Gasteiger partial charge >= 0.3 is 18.1 Å². The van der Waals surface area contributed by atoms with Gasteiger partial charge < -0.3 is 14.7 Å². The van der Waals surface area contributed by atoms with Crippen molar-refractivity contribution < 1.29 is 24.2 Å². The zero-order valence-corrected chi connectivity index (χ0v) is 20.3. The van der Waals surface area contributed by atoms with Crippen molar-refractivity contribution in [2.75, 3.05) is 6.54 Å². The van der Waals surface area contributed by atoms with Gasteiger partial charge in [0.15, 0.2) is 5.69 Å². The summed E-state index contributed by atoms with van der Waals surface area (Å²) in [5.74, 6) is -0.744. The summed E-state index contributed by atoms with van der Waals surface area (Å²) in [5, 5.41) is 11.4. The van der Waals surface area contributed by atoms with E-state index in [9.17, 15) is 19.5 Å². The van der Waals surface area contributed by atoms with Gasteiger partial charge in [-0.15, -0.1) is 0 Å². The molecule has 2 aromatic carbocycles. The van der Waals surface area contributed by atoms with E-state index in [1.54, 1.807) is 5.01 Å². The summed E-state index contributed by atoms with van der Waals surface area (Å²) < 4.78 is 5.78. The van der Waals surface area contributed by atoms with Crippen molar-refractivity contribution in [3.8, 4) is 0 Å². The van der Waals surface area contributed by atoms with Crippen LogP contribution in [0.15, 0.2) is 54.6 Å². The number of fused-ring (bicyclic) bond motifs is 2. The van der Waals surface area contributed by atoms with Crippen molar-refractivity contribution in [3.63, 3.8) is 0 Å². The smallest absolute Gasteiger partial charge is 0.480 e. The Morgan fingerprint density at radius 2 is 1.72 bits per heavy atom. The van der Waals surface area contributed by atoms with Crippen molar-refractivity contribution in [3.05, 3.63) is 65.7 Å².